The van der Waals surface area contributed by atoms with Gasteiger partial charge in [-0.1, -0.05) is 51.1 Å². The predicted octanol–water partition coefficient (Wildman–Crippen LogP) is 3.88. The second-order valence-corrected chi connectivity index (χ2v) is 5.05. The van der Waals surface area contributed by atoms with Gasteiger partial charge in [-0.15, -0.1) is 11.6 Å². The van der Waals surface area contributed by atoms with Crippen LogP contribution in [0.5, 0.6) is 0 Å². The summed E-state index contributed by atoms with van der Waals surface area (Å²) in [4.78, 5) is 0. The van der Waals surface area contributed by atoms with Crippen molar-refractivity contribution in [1.29, 1.82) is 0 Å². The molecule has 0 aliphatic rings. The van der Waals surface area contributed by atoms with E-state index in [9.17, 15) is 0 Å². The molecule has 1 atom stereocenters. The zero-order valence-electron chi connectivity index (χ0n) is 8.55. The highest BCUT2D eigenvalue weighted by Crippen LogP contribution is 2.27. The highest BCUT2D eigenvalue weighted by atomic mass is 35.5. The molecule has 0 radical (unpaired) electrons. The Morgan fingerprint density at radius 3 is 2.15 bits per heavy atom. The molecular formula is C12H17Cl. The van der Waals surface area contributed by atoms with Crippen LogP contribution in [-0.4, -0.2) is 5.38 Å². The highest BCUT2D eigenvalue weighted by Gasteiger charge is 2.21. The van der Waals surface area contributed by atoms with E-state index in [2.05, 4.69) is 45.0 Å². The van der Waals surface area contributed by atoms with Crippen LogP contribution >= 0.6 is 11.6 Å². The van der Waals surface area contributed by atoms with Gasteiger partial charge < -0.3 is 0 Å². The lowest BCUT2D eigenvalue weighted by molar-refractivity contribution is 0.386. The molecule has 0 aromatic heterocycles. The number of alkyl halides is 1. The molecule has 0 aliphatic heterocycles. The van der Waals surface area contributed by atoms with Gasteiger partial charge in [0.15, 0.2) is 0 Å². The smallest absolute Gasteiger partial charge is 0.0424 e. The highest BCUT2D eigenvalue weighted by molar-refractivity contribution is 6.21. The van der Waals surface area contributed by atoms with Gasteiger partial charge in [0.2, 0.25) is 0 Å². The Hall–Kier alpha value is -0.490. The quantitative estimate of drug-likeness (QED) is 0.630. The third-order valence-electron chi connectivity index (χ3n) is 2.20. The van der Waals surface area contributed by atoms with Crippen molar-refractivity contribution >= 4 is 11.6 Å². The third-order valence-corrected chi connectivity index (χ3v) is 3.01. The van der Waals surface area contributed by atoms with Crippen LogP contribution < -0.4 is 0 Å². The number of hydrogen-bond donors (Lipinski definition) is 0. The molecule has 1 aromatic carbocycles. The van der Waals surface area contributed by atoms with Crippen molar-refractivity contribution in [3.63, 3.8) is 0 Å². The van der Waals surface area contributed by atoms with Gasteiger partial charge >= 0.3 is 0 Å². The van der Waals surface area contributed by atoms with E-state index in [0.717, 1.165) is 6.42 Å². The van der Waals surface area contributed by atoms with Gasteiger partial charge in [0, 0.05) is 5.38 Å². The van der Waals surface area contributed by atoms with Crippen LogP contribution in [0, 0.1) is 5.41 Å². The van der Waals surface area contributed by atoms with Crippen molar-refractivity contribution in [2.45, 2.75) is 32.6 Å². The summed E-state index contributed by atoms with van der Waals surface area (Å²) in [5.74, 6) is 0. The number of hydrogen-bond acceptors (Lipinski definition) is 0. The zero-order valence-corrected chi connectivity index (χ0v) is 9.31. The van der Waals surface area contributed by atoms with Crippen LogP contribution in [0.1, 0.15) is 26.3 Å². The fraction of sp³-hybridized carbons (Fsp3) is 0.500. The minimum atomic E-state index is 0.178. The molecule has 0 saturated carbocycles. The van der Waals surface area contributed by atoms with Crippen molar-refractivity contribution in [2.24, 2.45) is 5.41 Å². The summed E-state index contributed by atoms with van der Waals surface area (Å²) < 4.78 is 0. The fourth-order valence-electron chi connectivity index (χ4n) is 1.13. The second kappa shape index (κ2) is 4.15. The second-order valence-electron chi connectivity index (χ2n) is 4.52. The van der Waals surface area contributed by atoms with Crippen LogP contribution in [0.4, 0.5) is 0 Å². The summed E-state index contributed by atoms with van der Waals surface area (Å²) in [6.07, 6.45) is 0.950. The van der Waals surface area contributed by atoms with Crippen LogP contribution in [0.2, 0.25) is 0 Å². The summed E-state index contributed by atoms with van der Waals surface area (Å²) in [5, 5.41) is 0.204. The van der Waals surface area contributed by atoms with Gasteiger partial charge in [-0.25, -0.2) is 0 Å². The lowest BCUT2D eigenvalue weighted by Gasteiger charge is -2.25. The topological polar surface area (TPSA) is 0 Å². The lowest BCUT2D eigenvalue weighted by Crippen LogP contribution is -2.22. The molecule has 0 bridgehead atoms. The van der Waals surface area contributed by atoms with Crippen molar-refractivity contribution < 1.29 is 0 Å². The van der Waals surface area contributed by atoms with Gasteiger partial charge in [-0.2, -0.15) is 0 Å². The summed E-state index contributed by atoms with van der Waals surface area (Å²) >= 11 is 6.29. The maximum absolute atomic E-state index is 6.29. The van der Waals surface area contributed by atoms with Crippen LogP contribution in [0.15, 0.2) is 30.3 Å². The number of halogens is 1. The molecule has 0 fully saturated rings. The first-order valence-electron chi connectivity index (χ1n) is 4.68. The van der Waals surface area contributed by atoms with E-state index in [4.69, 9.17) is 11.6 Å². The molecule has 1 unspecified atom stereocenters. The Balaban J connectivity index is 2.61. The van der Waals surface area contributed by atoms with Crippen molar-refractivity contribution in [3.8, 4) is 0 Å². The van der Waals surface area contributed by atoms with Crippen LogP contribution in [-0.2, 0) is 6.42 Å². The average molecular weight is 197 g/mol. The van der Waals surface area contributed by atoms with E-state index in [1.54, 1.807) is 0 Å². The fourth-order valence-corrected chi connectivity index (χ4v) is 1.31. The molecule has 0 saturated heterocycles. The van der Waals surface area contributed by atoms with Gasteiger partial charge in [0.1, 0.15) is 0 Å². The normalized spacial score (nSPS) is 14.2. The van der Waals surface area contributed by atoms with E-state index in [1.165, 1.54) is 5.56 Å². The average Bonchev–Trinajstić information content (AvgIpc) is 2.04. The van der Waals surface area contributed by atoms with Gasteiger partial charge in [-0.3, -0.25) is 0 Å². The largest absolute Gasteiger partial charge is 0.122 e. The molecule has 0 spiro atoms. The first-order chi connectivity index (χ1) is 6.00. The summed E-state index contributed by atoms with van der Waals surface area (Å²) in [6.45, 7) is 6.52. The molecule has 0 nitrogen and oxygen atoms in total. The standard InChI is InChI=1S/C12H17Cl/c1-12(2,3)11(13)9-10-7-5-4-6-8-10/h4-8,11H,9H2,1-3H3. The molecule has 1 rings (SSSR count). The molecular weight excluding hydrogens is 180 g/mol. The molecule has 1 heteroatoms. The van der Waals surface area contributed by atoms with Gasteiger partial charge in [0.25, 0.3) is 0 Å². The molecule has 72 valence electrons. The maximum Gasteiger partial charge on any atom is 0.0424 e. The Kier molecular flexibility index (Phi) is 3.38. The lowest BCUT2D eigenvalue weighted by atomic mass is 9.88. The summed E-state index contributed by atoms with van der Waals surface area (Å²) in [5.41, 5.74) is 1.50. The van der Waals surface area contributed by atoms with Crippen molar-refractivity contribution in [2.75, 3.05) is 0 Å². The third kappa shape index (κ3) is 3.40. The molecule has 0 aliphatic carbocycles. The van der Waals surface area contributed by atoms with Crippen molar-refractivity contribution in [1.82, 2.24) is 0 Å². The van der Waals surface area contributed by atoms with E-state index in [1.807, 2.05) is 6.07 Å². The molecule has 1 aromatic rings. The minimum Gasteiger partial charge on any atom is -0.122 e. The zero-order chi connectivity index (χ0) is 9.90. The van der Waals surface area contributed by atoms with Crippen molar-refractivity contribution in [3.05, 3.63) is 35.9 Å². The van der Waals surface area contributed by atoms with E-state index < -0.39 is 0 Å². The van der Waals surface area contributed by atoms with E-state index in [0.29, 0.717) is 0 Å². The maximum atomic E-state index is 6.29. The SMILES string of the molecule is CC(C)(C)C(Cl)Cc1ccccc1. The Morgan fingerprint density at radius 1 is 1.15 bits per heavy atom. The molecule has 0 heterocycles. The van der Waals surface area contributed by atoms with Crippen LogP contribution in [0.3, 0.4) is 0 Å². The van der Waals surface area contributed by atoms with E-state index >= 15 is 0 Å². The number of rotatable bonds is 2. The first kappa shape index (κ1) is 10.6. The molecule has 13 heavy (non-hydrogen) atoms. The Bertz CT molecular complexity index is 246. The Labute approximate surface area is 85.9 Å². The molecule has 0 N–H and O–H groups in total. The molecule has 0 amide bonds. The van der Waals surface area contributed by atoms with Crippen LogP contribution in [0.25, 0.3) is 0 Å². The van der Waals surface area contributed by atoms with Gasteiger partial charge in [0.05, 0.1) is 0 Å². The number of benzene rings is 1. The minimum absolute atomic E-state index is 0.178. The Morgan fingerprint density at radius 2 is 1.69 bits per heavy atom. The first-order valence-corrected chi connectivity index (χ1v) is 5.12. The predicted molar refractivity (Wildman–Crippen MR) is 59.2 cm³/mol. The summed E-state index contributed by atoms with van der Waals surface area (Å²) in [6, 6.07) is 10.4. The van der Waals surface area contributed by atoms with Gasteiger partial charge in [-0.05, 0) is 17.4 Å². The summed E-state index contributed by atoms with van der Waals surface area (Å²) in [7, 11) is 0. The monoisotopic (exact) mass is 196 g/mol. The van der Waals surface area contributed by atoms with E-state index in [-0.39, 0.29) is 10.8 Å².